The van der Waals surface area contributed by atoms with Crippen molar-refractivity contribution in [1.29, 1.82) is 0 Å². The third kappa shape index (κ3) is 5.42. The number of methoxy groups -OCH3 is 1. The van der Waals surface area contributed by atoms with Crippen LogP contribution in [0.15, 0.2) is 48.5 Å². The van der Waals surface area contributed by atoms with E-state index in [4.69, 9.17) is 9.47 Å². The first-order valence-electron chi connectivity index (χ1n) is 11.6. The molecule has 0 aromatic heterocycles. The van der Waals surface area contributed by atoms with Crippen LogP contribution in [-0.4, -0.2) is 61.5 Å². The molecule has 4 rings (SSSR count). The van der Waals surface area contributed by atoms with Crippen molar-refractivity contribution >= 4 is 11.8 Å². The van der Waals surface area contributed by atoms with E-state index in [-0.39, 0.29) is 11.8 Å². The first kappa shape index (κ1) is 22.2. The van der Waals surface area contributed by atoms with Gasteiger partial charge in [-0.2, -0.15) is 0 Å². The summed E-state index contributed by atoms with van der Waals surface area (Å²) >= 11 is 0. The van der Waals surface area contributed by atoms with Crippen LogP contribution in [0, 0.1) is 5.92 Å². The third-order valence-electron chi connectivity index (χ3n) is 6.37. The van der Waals surface area contributed by atoms with Crippen molar-refractivity contribution in [2.45, 2.75) is 32.1 Å². The predicted molar refractivity (Wildman–Crippen MR) is 123 cm³/mol. The highest BCUT2D eigenvalue weighted by molar-refractivity contribution is 5.95. The Hall–Kier alpha value is -3.02. The molecule has 2 saturated heterocycles. The summed E-state index contributed by atoms with van der Waals surface area (Å²) in [6.45, 7) is 3.73. The van der Waals surface area contributed by atoms with Crippen molar-refractivity contribution in [1.82, 2.24) is 9.80 Å². The van der Waals surface area contributed by atoms with E-state index in [1.165, 1.54) is 6.42 Å². The van der Waals surface area contributed by atoms with Crippen LogP contribution in [0.3, 0.4) is 0 Å². The summed E-state index contributed by atoms with van der Waals surface area (Å²) in [5.41, 5.74) is 1.40. The Morgan fingerprint density at radius 3 is 1.97 bits per heavy atom. The lowest BCUT2D eigenvalue weighted by molar-refractivity contribution is 0.0633. The number of amides is 2. The van der Waals surface area contributed by atoms with E-state index in [0.717, 1.165) is 56.8 Å². The average molecular weight is 437 g/mol. The van der Waals surface area contributed by atoms with Gasteiger partial charge in [0.05, 0.1) is 13.7 Å². The fraction of sp³-hybridized carbons (Fsp3) is 0.462. The molecule has 0 N–H and O–H groups in total. The second-order valence-corrected chi connectivity index (χ2v) is 8.68. The smallest absolute Gasteiger partial charge is 0.253 e. The number of ether oxygens (including phenoxy) is 2. The second kappa shape index (κ2) is 10.5. The Kier molecular flexibility index (Phi) is 7.30. The van der Waals surface area contributed by atoms with E-state index in [0.29, 0.717) is 30.2 Å². The molecular weight excluding hydrogens is 404 g/mol. The molecule has 2 aliphatic heterocycles. The molecule has 2 heterocycles. The molecule has 0 saturated carbocycles. The molecule has 0 radical (unpaired) electrons. The quantitative estimate of drug-likeness (QED) is 0.679. The van der Waals surface area contributed by atoms with Crippen molar-refractivity contribution in [3.05, 3.63) is 59.7 Å². The zero-order valence-electron chi connectivity index (χ0n) is 18.8. The van der Waals surface area contributed by atoms with Crippen molar-refractivity contribution in [3.63, 3.8) is 0 Å². The highest BCUT2D eigenvalue weighted by Crippen LogP contribution is 2.22. The van der Waals surface area contributed by atoms with Gasteiger partial charge in [0.2, 0.25) is 0 Å². The van der Waals surface area contributed by atoms with Crippen LogP contribution < -0.4 is 9.47 Å². The maximum Gasteiger partial charge on any atom is 0.253 e. The summed E-state index contributed by atoms with van der Waals surface area (Å²) in [6, 6.07) is 14.7. The van der Waals surface area contributed by atoms with E-state index < -0.39 is 0 Å². The Balaban J connectivity index is 1.28. The molecule has 0 bridgehead atoms. The monoisotopic (exact) mass is 436 g/mol. The van der Waals surface area contributed by atoms with Crippen molar-refractivity contribution in [2.24, 2.45) is 5.92 Å². The number of piperidine rings is 2. The molecule has 32 heavy (non-hydrogen) atoms. The standard InChI is InChI=1S/C26H32N2O4/c1-31-23-11-7-22(8-12-23)26(30)28-17-5-6-20(18-28)19-32-24-13-9-21(10-14-24)25(29)27-15-3-2-4-16-27/h7-14,20H,2-6,15-19H2,1H3/t20-/m0/s1. The zero-order valence-corrected chi connectivity index (χ0v) is 18.8. The average Bonchev–Trinajstić information content (AvgIpc) is 2.87. The fourth-order valence-corrected chi connectivity index (χ4v) is 4.49. The molecule has 2 amide bonds. The van der Waals surface area contributed by atoms with E-state index in [2.05, 4.69) is 0 Å². The second-order valence-electron chi connectivity index (χ2n) is 8.68. The number of carbonyl (C=O) groups excluding carboxylic acids is 2. The minimum atomic E-state index is 0.0536. The fourth-order valence-electron chi connectivity index (χ4n) is 4.49. The van der Waals surface area contributed by atoms with Crippen LogP contribution >= 0.6 is 0 Å². The zero-order chi connectivity index (χ0) is 22.3. The first-order valence-corrected chi connectivity index (χ1v) is 11.6. The molecule has 6 heteroatoms. The Labute approximate surface area is 190 Å². The maximum absolute atomic E-state index is 12.9. The van der Waals surface area contributed by atoms with E-state index in [1.54, 1.807) is 7.11 Å². The number of nitrogens with zero attached hydrogens (tertiary/aromatic N) is 2. The topological polar surface area (TPSA) is 59.1 Å². The summed E-state index contributed by atoms with van der Waals surface area (Å²) < 4.78 is 11.2. The third-order valence-corrected chi connectivity index (χ3v) is 6.37. The van der Waals surface area contributed by atoms with Gasteiger partial charge in [-0.15, -0.1) is 0 Å². The molecule has 6 nitrogen and oxygen atoms in total. The van der Waals surface area contributed by atoms with Gasteiger partial charge in [0, 0.05) is 43.2 Å². The number of benzene rings is 2. The van der Waals surface area contributed by atoms with Crippen LogP contribution in [0.2, 0.25) is 0 Å². The lowest BCUT2D eigenvalue weighted by atomic mass is 9.98. The van der Waals surface area contributed by atoms with Gasteiger partial charge in [0.25, 0.3) is 11.8 Å². The lowest BCUT2D eigenvalue weighted by Crippen LogP contribution is -2.41. The molecule has 170 valence electrons. The minimum absolute atomic E-state index is 0.0536. The Morgan fingerprint density at radius 1 is 0.781 bits per heavy atom. The summed E-state index contributed by atoms with van der Waals surface area (Å²) in [5.74, 6) is 1.96. The van der Waals surface area contributed by atoms with E-state index >= 15 is 0 Å². The molecule has 0 unspecified atom stereocenters. The Morgan fingerprint density at radius 2 is 1.34 bits per heavy atom. The number of carbonyl (C=O) groups is 2. The molecule has 2 aromatic carbocycles. The summed E-state index contributed by atoms with van der Waals surface area (Å²) in [4.78, 5) is 29.3. The summed E-state index contributed by atoms with van der Waals surface area (Å²) in [6.07, 6.45) is 5.40. The van der Waals surface area contributed by atoms with Gasteiger partial charge in [-0.25, -0.2) is 0 Å². The molecule has 0 spiro atoms. The highest BCUT2D eigenvalue weighted by Gasteiger charge is 2.25. The number of likely N-dealkylation sites (tertiary alicyclic amines) is 2. The summed E-state index contributed by atoms with van der Waals surface area (Å²) in [7, 11) is 1.62. The molecular formula is C26H32N2O4. The van der Waals surface area contributed by atoms with E-state index in [9.17, 15) is 9.59 Å². The van der Waals surface area contributed by atoms with Crippen molar-refractivity contribution in [3.8, 4) is 11.5 Å². The molecule has 2 aliphatic rings. The van der Waals surface area contributed by atoms with Gasteiger partial charge in [-0.3, -0.25) is 9.59 Å². The maximum atomic E-state index is 12.9. The van der Waals surface area contributed by atoms with Gasteiger partial charge in [-0.1, -0.05) is 0 Å². The number of rotatable bonds is 6. The van der Waals surface area contributed by atoms with Gasteiger partial charge in [-0.05, 0) is 80.6 Å². The van der Waals surface area contributed by atoms with E-state index in [1.807, 2.05) is 58.3 Å². The highest BCUT2D eigenvalue weighted by atomic mass is 16.5. The molecule has 2 aromatic rings. The normalized spacial score (nSPS) is 18.8. The molecule has 0 aliphatic carbocycles. The van der Waals surface area contributed by atoms with Crippen LogP contribution in [0.1, 0.15) is 52.8 Å². The lowest BCUT2D eigenvalue weighted by Gasteiger charge is -2.32. The Bertz CT molecular complexity index is 904. The van der Waals surface area contributed by atoms with Crippen LogP contribution in [0.5, 0.6) is 11.5 Å². The van der Waals surface area contributed by atoms with Crippen LogP contribution in [0.25, 0.3) is 0 Å². The van der Waals surface area contributed by atoms with Gasteiger partial charge in [0.1, 0.15) is 11.5 Å². The van der Waals surface area contributed by atoms with Crippen LogP contribution in [-0.2, 0) is 0 Å². The predicted octanol–water partition coefficient (Wildman–Crippen LogP) is 4.25. The summed E-state index contributed by atoms with van der Waals surface area (Å²) in [5, 5.41) is 0. The van der Waals surface area contributed by atoms with Crippen LogP contribution in [0.4, 0.5) is 0 Å². The first-order chi connectivity index (χ1) is 15.6. The molecule has 1 atom stereocenters. The largest absolute Gasteiger partial charge is 0.497 e. The van der Waals surface area contributed by atoms with Gasteiger partial charge >= 0.3 is 0 Å². The van der Waals surface area contributed by atoms with Gasteiger partial charge < -0.3 is 19.3 Å². The van der Waals surface area contributed by atoms with Crippen molar-refractivity contribution < 1.29 is 19.1 Å². The number of hydrogen-bond donors (Lipinski definition) is 0. The van der Waals surface area contributed by atoms with Gasteiger partial charge in [0.15, 0.2) is 0 Å². The number of hydrogen-bond acceptors (Lipinski definition) is 4. The minimum Gasteiger partial charge on any atom is -0.497 e. The SMILES string of the molecule is COc1ccc(C(=O)N2CCC[C@H](COc3ccc(C(=O)N4CCCCC4)cc3)C2)cc1. The molecule has 2 fully saturated rings. The van der Waals surface area contributed by atoms with Crippen molar-refractivity contribution in [2.75, 3.05) is 39.9 Å².